The van der Waals surface area contributed by atoms with Crippen LogP contribution in [-0.2, 0) is 30.2 Å². The number of carbonyl (C=O) groups is 2. The van der Waals surface area contributed by atoms with Crippen LogP contribution in [0.5, 0.6) is 0 Å². The van der Waals surface area contributed by atoms with Crippen molar-refractivity contribution < 1.29 is 23.8 Å². The molecule has 0 saturated heterocycles. The largest absolute Gasteiger partial charge is 0.466 e. The molecule has 160 valence electrons. The Kier molecular flexibility index (Phi) is 5.65. The van der Waals surface area contributed by atoms with Crippen molar-refractivity contribution in [3.63, 3.8) is 0 Å². The maximum atomic E-state index is 12.9. The van der Waals surface area contributed by atoms with Crippen LogP contribution in [0.4, 0.5) is 5.69 Å². The average Bonchev–Trinajstić information content (AvgIpc) is 3.38. The number of ether oxygens (including phenoxy) is 3. The molecule has 0 spiro atoms. The summed E-state index contributed by atoms with van der Waals surface area (Å²) in [7, 11) is 2.59. The maximum absolute atomic E-state index is 12.9. The number of anilines is 1. The Morgan fingerprint density at radius 1 is 1.03 bits per heavy atom. The molecule has 2 unspecified atom stereocenters. The fourth-order valence-corrected chi connectivity index (χ4v) is 4.25. The van der Waals surface area contributed by atoms with Crippen LogP contribution < -0.4 is 5.32 Å². The van der Waals surface area contributed by atoms with E-state index in [2.05, 4.69) is 5.32 Å². The minimum atomic E-state index is -1.16. The highest BCUT2D eigenvalue weighted by Gasteiger charge is 2.58. The number of benzene rings is 2. The molecule has 31 heavy (non-hydrogen) atoms. The summed E-state index contributed by atoms with van der Waals surface area (Å²) < 4.78 is 16.3. The van der Waals surface area contributed by atoms with Crippen molar-refractivity contribution >= 4 is 17.6 Å². The van der Waals surface area contributed by atoms with E-state index >= 15 is 0 Å². The highest BCUT2D eigenvalue weighted by molar-refractivity contribution is 6.05. The molecule has 0 amide bonds. The Morgan fingerprint density at radius 2 is 1.71 bits per heavy atom. The number of fused-ring (bicyclic) bond motifs is 2. The van der Waals surface area contributed by atoms with Crippen LogP contribution in [0.2, 0.25) is 0 Å². The number of nitrogens with one attached hydrogen (secondary N) is 1. The number of methoxy groups -OCH3 is 2. The molecule has 0 saturated carbocycles. The highest BCUT2D eigenvalue weighted by Crippen LogP contribution is 2.47. The molecule has 2 aromatic rings. The van der Waals surface area contributed by atoms with Gasteiger partial charge in [0.25, 0.3) is 0 Å². The van der Waals surface area contributed by atoms with E-state index in [1.807, 2.05) is 67.6 Å². The molecule has 3 atom stereocenters. The van der Waals surface area contributed by atoms with Crippen LogP contribution in [0.15, 0.2) is 77.9 Å². The normalized spacial score (nSPS) is 22.4. The van der Waals surface area contributed by atoms with Crippen LogP contribution in [0, 0.1) is 6.92 Å². The quantitative estimate of drug-likeness (QED) is 0.548. The third kappa shape index (κ3) is 3.75. The third-order valence-electron chi connectivity index (χ3n) is 5.77. The summed E-state index contributed by atoms with van der Waals surface area (Å²) in [5.74, 6) is -1.19. The first-order valence-electron chi connectivity index (χ1n) is 10.1. The van der Waals surface area contributed by atoms with Crippen LogP contribution in [0.3, 0.4) is 0 Å². The lowest BCUT2D eigenvalue weighted by Crippen LogP contribution is -2.49. The van der Waals surface area contributed by atoms with E-state index in [1.54, 1.807) is 6.08 Å². The first-order chi connectivity index (χ1) is 15.0. The van der Waals surface area contributed by atoms with Crippen molar-refractivity contribution in [3.8, 4) is 0 Å². The van der Waals surface area contributed by atoms with Gasteiger partial charge in [-0.1, -0.05) is 54.1 Å². The third-order valence-corrected chi connectivity index (χ3v) is 5.77. The molecule has 2 aliphatic rings. The molecule has 2 heterocycles. The summed E-state index contributed by atoms with van der Waals surface area (Å²) in [5.41, 5.74) is 2.32. The summed E-state index contributed by atoms with van der Waals surface area (Å²) in [6.07, 6.45) is 3.55. The summed E-state index contributed by atoms with van der Waals surface area (Å²) in [4.78, 5) is 25.4. The zero-order valence-corrected chi connectivity index (χ0v) is 17.8. The topological polar surface area (TPSA) is 73.9 Å². The molecule has 4 rings (SSSR count). The van der Waals surface area contributed by atoms with Gasteiger partial charge in [-0.2, -0.15) is 0 Å². The average molecular weight is 419 g/mol. The lowest BCUT2D eigenvalue weighted by molar-refractivity contribution is -0.139. The second-order valence-electron chi connectivity index (χ2n) is 7.72. The van der Waals surface area contributed by atoms with Crippen LogP contribution in [0.25, 0.3) is 0 Å². The lowest BCUT2D eigenvalue weighted by atomic mass is 9.79. The van der Waals surface area contributed by atoms with E-state index in [0.29, 0.717) is 6.42 Å². The number of rotatable bonds is 7. The highest BCUT2D eigenvalue weighted by atomic mass is 16.6. The van der Waals surface area contributed by atoms with Gasteiger partial charge in [0.2, 0.25) is 0 Å². The van der Waals surface area contributed by atoms with Gasteiger partial charge < -0.3 is 19.5 Å². The Labute approximate surface area is 181 Å². The van der Waals surface area contributed by atoms with Crippen LogP contribution in [0.1, 0.15) is 11.1 Å². The SMILES string of the molecule is COC(=O)C1=C(C(=O)OC)C2([C@H](Cc3ccccc3)Nc3ccc(C)cc3)C=CC1O2. The maximum Gasteiger partial charge on any atom is 0.337 e. The van der Waals surface area contributed by atoms with Gasteiger partial charge in [-0.3, -0.25) is 0 Å². The molecule has 0 fully saturated rings. The molecule has 2 bridgehead atoms. The van der Waals surface area contributed by atoms with Crippen molar-refractivity contribution in [2.24, 2.45) is 0 Å². The fourth-order valence-electron chi connectivity index (χ4n) is 4.25. The summed E-state index contributed by atoms with van der Waals surface area (Å²) in [6.45, 7) is 2.02. The Bertz CT molecular complexity index is 1040. The van der Waals surface area contributed by atoms with Gasteiger partial charge in [0.15, 0.2) is 0 Å². The van der Waals surface area contributed by atoms with Crippen LogP contribution >= 0.6 is 0 Å². The van der Waals surface area contributed by atoms with Gasteiger partial charge in [0, 0.05) is 5.69 Å². The van der Waals surface area contributed by atoms with Crippen molar-refractivity contribution in [2.75, 3.05) is 19.5 Å². The van der Waals surface area contributed by atoms with E-state index in [-0.39, 0.29) is 17.2 Å². The molecule has 0 aromatic heterocycles. The van der Waals surface area contributed by atoms with Crippen molar-refractivity contribution in [1.29, 1.82) is 0 Å². The minimum Gasteiger partial charge on any atom is -0.466 e. The molecule has 2 aromatic carbocycles. The zero-order chi connectivity index (χ0) is 22.0. The van der Waals surface area contributed by atoms with Crippen molar-refractivity contribution in [1.82, 2.24) is 0 Å². The second kappa shape index (κ2) is 8.40. The lowest BCUT2D eigenvalue weighted by Gasteiger charge is -2.36. The van der Waals surface area contributed by atoms with Gasteiger partial charge in [-0.25, -0.2) is 9.59 Å². The first kappa shape index (κ1) is 20.9. The second-order valence-corrected chi connectivity index (χ2v) is 7.72. The van der Waals surface area contributed by atoms with Gasteiger partial charge in [-0.15, -0.1) is 0 Å². The van der Waals surface area contributed by atoms with Gasteiger partial charge in [-0.05, 0) is 37.1 Å². The van der Waals surface area contributed by atoms with Gasteiger partial charge in [0.05, 0.1) is 31.4 Å². The van der Waals surface area contributed by atoms with Gasteiger partial charge in [0.1, 0.15) is 11.7 Å². The van der Waals surface area contributed by atoms with Crippen LogP contribution in [-0.4, -0.2) is 43.9 Å². The summed E-state index contributed by atoms with van der Waals surface area (Å²) >= 11 is 0. The molecular formula is C25H25NO5. The summed E-state index contributed by atoms with van der Waals surface area (Å²) in [6, 6.07) is 17.6. The molecule has 1 N–H and O–H groups in total. The standard InChI is InChI=1S/C25H25NO5/c1-16-9-11-18(12-10-16)26-20(15-17-7-5-4-6-8-17)25-14-13-19(31-25)21(23(27)29-2)22(25)24(28)30-3/h4-14,19-20,26H,15H2,1-3H3/t19?,20-,25?/m0/s1. The van der Waals surface area contributed by atoms with E-state index in [0.717, 1.165) is 16.8 Å². The number of carbonyl (C=O) groups excluding carboxylic acids is 2. The molecule has 6 heteroatoms. The predicted octanol–water partition coefficient (Wildman–Crippen LogP) is 3.37. The number of aryl methyl sites for hydroxylation is 1. The molecule has 0 radical (unpaired) electrons. The Hall–Kier alpha value is -3.38. The smallest absolute Gasteiger partial charge is 0.337 e. The minimum absolute atomic E-state index is 0.190. The molecular weight excluding hydrogens is 394 g/mol. The van der Waals surface area contributed by atoms with E-state index in [9.17, 15) is 9.59 Å². The summed E-state index contributed by atoms with van der Waals surface area (Å²) in [5, 5.41) is 3.53. The number of hydrogen-bond acceptors (Lipinski definition) is 6. The van der Waals surface area contributed by atoms with E-state index in [4.69, 9.17) is 14.2 Å². The number of hydrogen-bond donors (Lipinski definition) is 1. The van der Waals surface area contributed by atoms with E-state index in [1.165, 1.54) is 14.2 Å². The molecule has 6 nitrogen and oxygen atoms in total. The Balaban J connectivity index is 1.81. The fraction of sp³-hybridized carbons (Fsp3) is 0.280. The zero-order valence-electron chi connectivity index (χ0n) is 17.8. The first-order valence-corrected chi connectivity index (χ1v) is 10.1. The molecule has 2 aliphatic heterocycles. The Morgan fingerprint density at radius 3 is 2.35 bits per heavy atom. The van der Waals surface area contributed by atoms with E-state index < -0.39 is 23.6 Å². The molecule has 0 aliphatic carbocycles. The number of esters is 2. The monoisotopic (exact) mass is 419 g/mol. The van der Waals surface area contributed by atoms with Crippen molar-refractivity contribution in [2.45, 2.75) is 31.1 Å². The predicted molar refractivity (Wildman–Crippen MR) is 117 cm³/mol. The van der Waals surface area contributed by atoms with Crippen molar-refractivity contribution in [3.05, 3.63) is 89.0 Å². The van der Waals surface area contributed by atoms with Gasteiger partial charge >= 0.3 is 11.9 Å².